The van der Waals surface area contributed by atoms with Crippen molar-refractivity contribution in [2.24, 2.45) is 0 Å². The minimum atomic E-state index is -1.36. The molecule has 1 N–H and O–H groups in total. The second-order valence-electron chi connectivity index (χ2n) is 6.80. The number of esters is 2. The number of carbonyl (C=O) groups is 2. The van der Waals surface area contributed by atoms with Crippen molar-refractivity contribution in [2.45, 2.75) is 18.9 Å². The number of rotatable bonds is 6. The molecule has 0 amide bonds. The van der Waals surface area contributed by atoms with Crippen molar-refractivity contribution in [3.8, 4) is 11.6 Å². The summed E-state index contributed by atoms with van der Waals surface area (Å²) < 4.78 is 22.4. The summed E-state index contributed by atoms with van der Waals surface area (Å²) in [5, 5.41) is 3.06. The third-order valence-corrected chi connectivity index (χ3v) is 4.71. The second kappa shape index (κ2) is 8.96. The molecular weight excluding hydrogens is 406 g/mol. The van der Waals surface area contributed by atoms with Crippen LogP contribution in [-0.4, -0.2) is 65.1 Å². The number of aromatic nitrogens is 3. The molecule has 2 atom stereocenters. The number of hydrogen-bond donors (Lipinski definition) is 1. The fourth-order valence-electron chi connectivity index (χ4n) is 3.30. The first kappa shape index (κ1) is 20.5. The van der Waals surface area contributed by atoms with Gasteiger partial charge in [-0.05, 0) is 12.1 Å². The largest absolute Gasteiger partial charge is 0.488 e. The number of piperazine rings is 1. The molecule has 4 rings (SSSR count). The molecule has 11 nitrogen and oxygen atoms in total. The van der Waals surface area contributed by atoms with Crippen LogP contribution >= 0.6 is 0 Å². The molecule has 31 heavy (non-hydrogen) atoms. The molecule has 4 heterocycles. The van der Waals surface area contributed by atoms with E-state index >= 15 is 0 Å². The van der Waals surface area contributed by atoms with Gasteiger partial charge < -0.3 is 23.8 Å². The monoisotopic (exact) mass is 427 g/mol. The zero-order valence-electron chi connectivity index (χ0n) is 16.8. The Labute approximate surface area is 178 Å². The van der Waals surface area contributed by atoms with Gasteiger partial charge in [0.05, 0.1) is 6.20 Å². The Bertz CT molecular complexity index is 972. The first-order valence-electron chi connectivity index (χ1n) is 9.65. The van der Waals surface area contributed by atoms with Crippen molar-refractivity contribution in [3.05, 3.63) is 49.1 Å². The number of carbonyl (C=O) groups excluding carboxylic acids is 2. The maximum absolute atomic E-state index is 12.2. The Balaban J connectivity index is 1.52. The molecule has 0 bridgehead atoms. The molecule has 1 fully saturated rings. The molecule has 2 aliphatic rings. The normalized spacial score (nSPS) is 24.2. The zero-order valence-corrected chi connectivity index (χ0v) is 16.8. The lowest BCUT2D eigenvalue weighted by Gasteiger charge is -2.48. The fraction of sp³-hybridized carbons (Fsp3) is 0.350. The van der Waals surface area contributed by atoms with E-state index in [1.807, 2.05) is 0 Å². The van der Waals surface area contributed by atoms with Crippen LogP contribution in [0.25, 0.3) is 0 Å². The number of fused-ring (bicyclic) bond motifs is 1. The molecule has 2 aromatic rings. The van der Waals surface area contributed by atoms with Crippen LogP contribution in [0, 0.1) is 0 Å². The molecule has 2 unspecified atom stereocenters. The zero-order chi connectivity index (χ0) is 21.7. The average molecular weight is 427 g/mol. The van der Waals surface area contributed by atoms with Gasteiger partial charge in [-0.2, -0.15) is 0 Å². The van der Waals surface area contributed by atoms with Crippen molar-refractivity contribution in [1.29, 1.82) is 0 Å². The first-order chi connectivity index (χ1) is 15.1. The highest BCUT2D eigenvalue weighted by Crippen LogP contribution is 2.35. The van der Waals surface area contributed by atoms with E-state index in [0.29, 0.717) is 24.7 Å². The van der Waals surface area contributed by atoms with Gasteiger partial charge in [0.25, 0.3) is 5.88 Å². The topological polar surface area (TPSA) is 125 Å². The summed E-state index contributed by atoms with van der Waals surface area (Å²) in [4.78, 5) is 38.5. The summed E-state index contributed by atoms with van der Waals surface area (Å²) in [6, 6.07) is 3.57. The summed E-state index contributed by atoms with van der Waals surface area (Å²) >= 11 is 0. The molecule has 2 aliphatic heterocycles. The smallest absolute Gasteiger partial charge is 0.333 e. The van der Waals surface area contributed by atoms with E-state index in [-0.39, 0.29) is 19.1 Å². The van der Waals surface area contributed by atoms with Gasteiger partial charge in [0.1, 0.15) is 19.0 Å². The first-order valence-corrected chi connectivity index (χ1v) is 9.65. The van der Waals surface area contributed by atoms with Crippen molar-refractivity contribution < 1.29 is 28.5 Å². The van der Waals surface area contributed by atoms with Gasteiger partial charge in [0.2, 0.25) is 12.0 Å². The lowest BCUT2D eigenvalue weighted by atomic mass is 10.1. The highest BCUT2D eigenvalue weighted by molar-refractivity contribution is 5.92. The van der Waals surface area contributed by atoms with Gasteiger partial charge in [0.15, 0.2) is 5.82 Å². The van der Waals surface area contributed by atoms with Gasteiger partial charge >= 0.3 is 11.9 Å². The van der Waals surface area contributed by atoms with Crippen LogP contribution in [0.1, 0.15) is 6.92 Å². The highest BCUT2D eigenvalue weighted by atomic mass is 16.6. The Morgan fingerprint density at radius 2 is 1.97 bits per heavy atom. The second-order valence-corrected chi connectivity index (χ2v) is 6.80. The van der Waals surface area contributed by atoms with Crippen LogP contribution in [0.3, 0.4) is 0 Å². The minimum Gasteiger partial charge on any atom is -0.488 e. The molecule has 162 valence electrons. The number of ether oxygens (including phenoxy) is 4. The summed E-state index contributed by atoms with van der Waals surface area (Å²) in [6.45, 7) is 2.96. The fourth-order valence-corrected chi connectivity index (χ4v) is 3.30. The Morgan fingerprint density at radius 3 is 2.81 bits per heavy atom. The van der Waals surface area contributed by atoms with Crippen molar-refractivity contribution in [1.82, 2.24) is 20.3 Å². The third-order valence-electron chi connectivity index (χ3n) is 4.71. The maximum atomic E-state index is 12.2. The van der Waals surface area contributed by atoms with Gasteiger partial charge in [-0.1, -0.05) is 0 Å². The van der Waals surface area contributed by atoms with Gasteiger partial charge in [-0.15, -0.1) is 0 Å². The molecule has 11 heteroatoms. The van der Waals surface area contributed by atoms with Gasteiger partial charge in [0, 0.05) is 50.8 Å². The van der Waals surface area contributed by atoms with Gasteiger partial charge in [-0.3, -0.25) is 10.3 Å². The molecule has 0 aromatic carbocycles. The molecule has 0 aliphatic carbocycles. The van der Waals surface area contributed by atoms with E-state index in [9.17, 15) is 9.59 Å². The van der Waals surface area contributed by atoms with Crippen LogP contribution in [-0.2, 0) is 19.1 Å². The maximum Gasteiger partial charge on any atom is 0.333 e. The average Bonchev–Trinajstić information content (AvgIpc) is 2.77. The highest BCUT2D eigenvalue weighted by Gasteiger charge is 2.50. The van der Waals surface area contributed by atoms with Gasteiger partial charge in [-0.25, -0.2) is 19.6 Å². The van der Waals surface area contributed by atoms with E-state index in [2.05, 4.69) is 20.3 Å². The number of pyridine rings is 1. The van der Waals surface area contributed by atoms with Crippen molar-refractivity contribution in [3.63, 3.8) is 0 Å². The number of nitrogens with one attached hydrogen (secondary N) is 1. The molecule has 1 saturated heterocycles. The minimum absolute atomic E-state index is 0.199. The Morgan fingerprint density at radius 1 is 1.16 bits per heavy atom. The SMILES string of the molecule is CC12OC(=O)/C=C/C(=O)OC1NCCN2c1nccnc1OCCOc1cccnc1. The predicted octanol–water partition coefficient (Wildman–Crippen LogP) is 0.438. The quantitative estimate of drug-likeness (QED) is 0.510. The lowest BCUT2D eigenvalue weighted by molar-refractivity contribution is -0.187. The number of anilines is 1. The summed E-state index contributed by atoms with van der Waals surface area (Å²) in [6.07, 6.45) is 7.41. The summed E-state index contributed by atoms with van der Waals surface area (Å²) in [5.41, 5.74) is -1.36. The summed E-state index contributed by atoms with van der Waals surface area (Å²) in [5.74, 6) is -0.107. The van der Waals surface area contributed by atoms with E-state index in [1.54, 1.807) is 36.4 Å². The van der Waals surface area contributed by atoms with Crippen LogP contribution < -0.4 is 19.7 Å². The van der Waals surface area contributed by atoms with Crippen LogP contribution in [0.5, 0.6) is 11.6 Å². The number of nitrogens with zero attached hydrogens (tertiary/aromatic N) is 4. The third kappa shape index (κ3) is 4.56. The number of hydrogen-bond acceptors (Lipinski definition) is 11. The van der Waals surface area contributed by atoms with E-state index in [0.717, 1.165) is 12.2 Å². The van der Waals surface area contributed by atoms with Crippen LogP contribution in [0.15, 0.2) is 49.1 Å². The predicted molar refractivity (Wildman–Crippen MR) is 106 cm³/mol. The Hall–Kier alpha value is -3.73. The van der Waals surface area contributed by atoms with E-state index in [1.165, 1.54) is 12.4 Å². The molecular formula is C20H21N5O6. The molecule has 0 radical (unpaired) electrons. The molecule has 0 saturated carbocycles. The standard InChI is InChI=1S/C20H21N5O6/c1-20-19(30-15(26)4-5-16(27)31-20)24-9-10-25(20)17-18(23-8-7-22-17)29-12-11-28-14-3-2-6-21-13-14/h2-8,13,19,24H,9-12H2,1H3/b5-4+. The molecule has 2 aromatic heterocycles. The van der Waals surface area contributed by atoms with Crippen molar-refractivity contribution in [2.75, 3.05) is 31.2 Å². The lowest BCUT2D eigenvalue weighted by Crippen LogP contribution is -2.69. The van der Waals surface area contributed by atoms with Crippen LogP contribution in [0.2, 0.25) is 0 Å². The van der Waals surface area contributed by atoms with E-state index in [4.69, 9.17) is 18.9 Å². The van der Waals surface area contributed by atoms with Crippen molar-refractivity contribution >= 4 is 17.8 Å². The van der Waals surface area contributed by atoms with Crippen LogP contribution in [0.4, 0.5) is 5.82 Å². The Kier molecular flexibility index (Phi) is 5.94. The molecule has 0 spiro atoms. The van der Waals surface area contributed by atoms with E-state index < -0.39 is 23.9 Å². The summed E-state index contributed by atoms with van der Waals surface area (Å²) in [7, 11) is 0.